The lowest BCUT2D eigenvalue weighted by Crippen LogP contribution is -2.42. The SMILES string of the molecule is COc1ccc2c(c1)CC[C@H]1[C@H]2CC[C@]2(C)C(=O)/C(=C/c3ccc(OC(F)F)cc3)C[C@@H]12. The van der Waals surface area contributed by atoms with Crippen LogP contribution in [0.15, 0.2) is 48.0 Å². The summed E-state index contributed by atoms with van der Waals surface area (Å²) in [5, 5.41) is 0. The molecule has 0 saturated heterocycles. The van der Waals surface area contributed by atoms with Crippen molar-refractivity contribution < 1.29 is 23.0 Å². The number of hydrogen-bond donors (Lipinski definition) is 0. The van der Waals surface area contributed by atoms with Crippen LogP contribution < -0.4 is 9.47 Å². The van der Waals surface area contributed by atoms with E-state index in [0.717, 1.165) is 49.0 Å². The normalized spacial score (nSPS) is 30.1. The van der Waals surface area contributed by atoms with Gasteiger partial charge in [-0.15, -0.1) is 0 Å². The van der Waals surface area contributed by atoms with Crippen molar-refractivity contribution in [3.63, 3.8) is 0 Å². The summed E-state index contributed by atoms with van der Waals surface area (Å²) in [7, 11) is 1.71. The molecule has 3 nitrogen and oxygen atoms in total. The second-order valence-electron chi connectivity index (χ2n) is 9.59. The molecule has 0 amide bonds. The molecule has 0 spiro atoms. The lowest BCUT2D eigenvalue weighted by atomic mass is 9.55. The van der Waals surface area contributed by atoms with Gasteiger partial charge in [0.1, 0.15) is 11.5 Å². The standard InChI is InChI=1S/C27H28F2O3/c1-27-12-11-22-21-10-8-20(31-2)14-17(21)5-9-23(22)24(27)15-18(25(27)30)13-16-3-6-19(7-4-16)32-26(28)29/h3-4,6-8,10,13-14,22-24,26H,5,9,11-12,15H2,1-2H3/b18-13+/t22-,23-,24-,27-/m0/s1. The molecule has 0 aromatic heterocycles. The first kappa shape index (κ1) is 21.2. The van der Waals surface area contributed by atoms with Crippen LogP contribution in [0, 0.1) is 17.3 Å². The van der Waals surface area contributed by atoms with E-state index in [1.54, 1.807) is 19.2 Å². The van der Waals surface area contributed by atoms with Crippen molar-refractivity contribution in [3.8, 4) is 11.5 Å². The number of methoxy groups -OCH3 is 1. The first-order chi connectivity index (χ1) is 15.4. The van der Waals surface area contributed by atoms with Gasteiger partial charge >= 0.3 is 6.61 Å². The summed E-state index contributed by atoms with van der Waals surface area (Å²) >= 11 is 0. The lowest BCUT2D eigenvalue weighted by molar-refractivity contribution is -0.127. The number of carbonyl (C=O) groups is 1. The van der Waals surface area contributed by atoms with E-state index in [1.165, 1.54) is 23.3 Å². The second kappa shape index (κ2) is 8.02. The zero-order valence-electron chi connectivity index (χ0n) is 18.4. The largest absolute Gasteiger partial charge is 0.497 e. The molecule has 0 aliphatic heterocycles. The van der Waals surface area contributed by atoms with Gasteiger partial charge in [0.15, 0.2) is 5.78 Å². The molecule has 3 aliphatic carbocycles. The van der Waals surface area contributed by atoms with Crippen LogP contribution in [-0.4, -0.2) is 19.5 Å². The van der Waals surface area contributed by atoms with Crippen molar-refractivity contribution in [2.45, 2.75) is 51.6 Å². The fraction of sp³-hybridized carbons (Fsp3) is 0.444. The van der Waals surface area contributed by atoms with Crippen LogP contribution in [0.4, 0.5) is 8.78 Å². The van der Waals surface area contributed by atoms with Gasteiger partial charge in [-0.05, 0) is 102 Å². The maximum atomic E-state index is 13.5. The highest BCUT2D eigenvalue weighted by molar-refractivity contribution is 6.06. The van der Waals surface area contributed by atoms with Crippen LogP contribution in [0.2, 0.25) is 0 Å². The number of halogens is 2. The highest BCUT2D eigenvalue weighted by Crippen LogP contribution is 2.60. The van der Waals surface area contributed by atoms with Gasteiger partial charge in [-0.25, -0.2) is 0 Å². The predicted octanol–water partition coefficient (Wildman–Crippen LogP) is 6.42. The van der Waals surface area contributed by atoms with Gasteiger partial charge in [0.25, 0.3) is 0 Å². The number of allylic oxidation sites excluding steroid dienone is 1. The monoisotopic (exact) mass is 438 g/mol. The Morgan fingerprint density at radius 1 is 1.09 bits per heavy atom. The van der Waals surface area contributed by atoms with Gasteiger partial charge in [0.2, 0.25) is 0 Å². The molecule has 0 N–H and O–H groups in total. The number of alkyl halides is 2. The van der Waals surface area contributed by atoms with Crippen molar-refractivity contribution in [2.24, 2.45) is 17.3 Å². The lowest BCUT2D eigenvalue weighted by Gasteiger charge is -2.48. The van der Waals surface area contributed by atoms with Gasteiger partial charge in [-0.2, -0.15) is 8.78 Å². The number of aryl methyl sites for hydroxylation is 1. The maximum Gasteiger partial charge on any atom is 0.387 e. The van der Waals surface area contributed by atoms with Gasteiger partial charge < -0.3 is 9.47 Å². The summed E-state index contributed by atoms with van der Waals surface area (Å²) in [4.78, 5) is 13.5. The number of rotatable bonds is 4. The molecule has 0 radical (unpaired) electrons. The summed E-state index contributed by atoms with van der Waals surface area (Å²) in [6.07, 6.45) is 6.80. The number of fused-ring (bicyclic) bond motifs is 5. The Morgan fingerprint density at radius 3 is 2.56 bits per heavy atom. The first-order valence-corrected chi connectivity index (χ1v) is 11.4. The summed E-state index contributed by atoms with van der Waals surface area (Å²) < 4.78 is 34.6. The Hall–Kier alpha value is -2.69. The molecule has 2 fully saturated rings. The maximum absolute atomic E-state index is 13.5. The minimum absolute atomic E-state index is 0.126. The molecule has 5 rings (SSSR count). The second-order valence-corrected chi connectivity index (χ2v) is 9.59. The van der Waals surface area contributed by atoms with E-state index in [2.05, 4.69) is 29.9 Å². The molecular formula is C27H28F2O3. The topological polar surface area (TPSA) is 35.5 Å². The molecule has 168 valence electrons. The van der Waals surface area contributed by atoms with E-state index in [4.69, 9.17) is 4.74 Å². The summed E-state index contributed by atoms with van der Waals surface area (Å²) in [5.74, 6) is 2.65. The van der Waals surface area contributed by atoms with Gasteiger partial charge in [0.05, 0.1) is 7.11 Å². The third-order valence-corrected chi connectivity index (χ3v) is 8.02. The number of Topliss-reactive ketones (excluding diaryl/α,β-unsaturated/α-hetero) is 1. The molecule has 4 atom stereocenters. The van der Waals surface area contributed by atoms with E-state index in [0.29, 0.717) is 17.8 Å². The molecule has 0 bridgehead atoms. The van der Waals surface area contributed by atoms with Crippen LogP contribution in [-0.2, 0) is 11.2 Å². The number of ether oxygens (including phenoxy) is 2. The number of ketones is 1. The molecule has 2 aromatic carbocycles. The molecule has 0 heterocycles. The fourth-order valence-electron chi connectivity index (χ4n) is 6.43. The number of hydrogen-bond acceptors (Lipinski definition) is 3. The fourth-order valence-corrected chi connectivity index (χ4v) is 6.43. The molecule has 32 heavy (non-hydrogen) atoms. The highest BCUT2D eigenvalue weighted by atomic mass is 19.3. The minimum Gasteiger partial charge on any atom is -0.497 e. The molecule has 5 heteroatoms. The van der Waals surface area contributed by atoms with Gasteiger partial charge in [-0.3, -0.25) is 4.79 Å². The van der Waals surface area contributed by atoms with Gasteiger partial charge in [0, 0.05) is 5.41 Å². The van der Waals surface area contributed by atoms with E-state index >= 15 is 0 Å². The van der Waals surface area contributed by atoms with E-state index in [-0.39, 0.29) is 16.9 Å². The van der Waals surface area contributed by atoms with E-state index < -0.39 is 6.61 Å². The highest BCUT2D eigenvalue weighted by Gasteiger charge is 2.56. The quantitative estimate of drug-likeness (QED) is 0.517. The average Bonchev–Trinajstić information content (AvgIpc) is 3.04. The zero-order valence-corrected chi connectivity index (χ0v) is 18.4. The van der Waals surface area contributed by atoms with Crippen LogP contribution >= 0.6 is 0 Å². The van der Waals surface area contributed by atoms with E-state index in [9.17, 15) is 13.6 Å². The zero-order chi connectivity index (χ0) is 22.5. The Labute approximate surface area is 187 Å². The molecule has 0 unspecified atom stereocenters. The summed E-state index contributed by atoms with van der Waals surface area (Å²) in [6.45, 7) is -0.687. The summed E-state index contributed by atoms with van der Waals surface area (Å²) in [5.41, 5.74) is 4.22. The molecule has 2 aromatic rings. The smallest absolute Gasteiger partial charge is 0.387 e. The van der Waals surface area contributed by atoms with Crippen molar-refractivity contribution in [2.75, 3.05) is 7.11 Å². The van der Waals surface area contributed by atoms with Crippen LogP contribution in [0.1, 0.15) is 55.2 Å². The van der Waals surface area contributed by atoms with Crippen molar-refractivity contribution >= 4 is 11.9 Å². The van der Waals surface area contributed by atoms with Crippen LogP contribution in [0.25, 0.3) is 6.08 Å². The Kier molecular flexibility index (Phi) is 5.31. The molecular weight excluding hydrogens is 410 g/mol. The molecule has 2 saturated carbocycles. The van der Waals surface area contributed by atoms with Gasteiger partial charge in [-0.1, -0.05) is 25.1 Å². The van der Waals surface area contributed by atoms with Crippen LogP contribution in [0.3, 0.4) is 0 Å². The predicted molar refractivity (Wildman–Crippen MR) is 119 cm³/mol. The Balaban J connectivity index is 1.40. The Morgan fingerprint density at radius 2 is 1.84 bits per heavy atom. The number of benzene rings is 2. The third-order valence-electron chi connectivity index (χ3n) is 8.02. The Bertz CT molecular complexity index is 1060. The number of carbonyl (C=O) groups excluding carboxylic acids is 1. The third kappa shape index (κ3) is 3.52. The van der Waals surface area contributed by atoms with Crippen molar-refractivity contribution in [3.05, 3.63) is 64.7 Å². The van der Waals surface area contributed by atoms with Crippen molar-refractivity contribution in [1.29, 1.82) is 0 Å². The van der Waals surface area contributed by atoms with Crippen molar-refractivity contribution in [1.82, 2.24) is 0 Å². The first-order valence-electron chi connectivity index (χ1n) is 11.4. The van der Waals surface area contributed by atoms with Crippen LogP contribution in [0.5, 0.6) is 11.5 Å². The summed E-state index contributed by atoms with van der Waals surface area (Å²) in [6, 6.07) is 13.0. The van der Waals surface area contributed by atoms with E-state index in [1.807, 2.05) is 6.08 Å². The minimum atomic E-state index is -2.84. The molecule has 3 aliphatic rings. The average molecular weight is 439 g/mol.